The van der Waals surface area contributed by atoms with Gasteiger partial charge >= 0.3 is 0 Å². The van der Waals surface area contributed by atoms with Crippen molar-refractivity contribution in [1.82, 2.24) is 5.32 Å². The molecule has 19 heavy (non-hydrogen) atoms. The number of carbonyl (C=O) groups is 1. The average molecular weight is 263 g/mol. The highest BCUT2D eigenvalue weighted by Gasteiger charge is 2.18. The zero-order valence-electron chi connectivity index (χ0n) is 11.5. The molecule has 0 bridgehead atoms. The molecule has 2 nitrogen and oxygen atoms in total. The van der Waals surface area contributed by atoms with Crippen molar-refractivity contribution in [1.29, 1.82) is 0 Å². The summed E-state index contributed by atoms with van der Waals surface area (Å²) in [6.45, 7) is 3.08. The number of hydrogen-bond acceptors (Lipinski definition) is 1. The van der Waals surface area contributed by atoms with Gasteiger partial charge in [0, 0.05) is 6.54 Å². The van der Waals surface area contributed by atoms with E-state index in [0.717, 1.165) is 18.0 Å². The smallest absolute Gasteiger partial charge is 0.224 e. The summed E-state index contributed by atoms with van der Waals surface area (Å²) in [6.07, 6.45) is 5.33. The van der Waals surface area contributed by atoms with Crippen LogP contribution in [0.15, 0.2) is 24.3 Å². The van der Waals surface area contributed by atoms with Crippen molar-refractivity contribution in [3.8, 4) is 0 Å². The van der Waals surface area contributed by atoms with Gasteiger partial charge in [0.2, 0.25) is 5.91 Å². The lowest BCUT2D eigenvalue weighted by atomic mass is 9.83. The Bertz CT molecular complexity index is 407. The van der Waals surface area contributed by atoms with Gasteiger partial charge in [-0.2, -0.15) is 0 Å². The molecule has 3 heteroatoms. The van der Waals surface area contributed by atoms with Crippen LogP contribution in [0.1, 0.15) is 38.2 Å². The lowest BCUT2D eigenvalue weighted by Crippen LogP contribution is -2.32. The highest BCUT2D eigenvalue weighted by molar-refractivity contribution is 5.78. The van der Waals surface area contributed by atoms with Gasteiger partial charge in [-0.15, -0.1) is 0 Å². The predicted molar refractivity (Wildman–Crippen MR) is 74.2 cm³/mol. The third-order valence-corrected chi connectivity index (χ3v) is 4.00. The van der Waals surface area contributed by atoms with Crippen LogP contribution in [0, 0.1) is 17.7 Å². The first kappa shape index (κ1) is 14.0. The van der Waals surface area contributed by atoms with E-state index in [4.69, 9.17) is 0 Å². The average Bonchev–Trinajstić information content (AvgIpc) is 2.41. The molecule has 1 fully saturated rings. The van der Waals surface area contributed by atoms with E-state index in [-0.39, 0.29) is 11.7 Å². The molecule has 1 aromatic carbocycles. The summed E-state index contributed by atoms with van der Waals surface area (Å²) in [4.78, 5) is 11.8. The highest BCUT2D eigenvalue weighted by Crippen LogP contribution is 2.27. The summed E-state index contributed by atoms with van der Waals surface area (Å²) in [7, 11) is 0. The Morgan fingerprint density at radius 2 is 1.84 bits per heavy atom. The summed E-state index contributed by atoms with van der Waals surface area (Å²) in [5.41, 5.74) is 0.858. The Balaban J connectivity index is 1.71. The van der Waals surface area contributed by atoms with Crippen molar-refractivity contribution < 1.29 is 9.18 Å². The number of halogens is 1. The van der Waals surface area contributed by atoms with Gasteiger partial charge < -0.3 is 5.32 Å². The standard InChI is InChI=1S/C16H22FNO/c1-12-2-4-14(5-3-12)11-18-16(19)10-13-6-8-15(17)9-7-13/h6-9,12,14H,2-5,10-11H2,1H3,(H,18,19). The minimum absolute atomic E-state index is 0.0326. The van der Waals surface area contributed by atoms with Crippen LogP contribution in [0.25, 0.3) is 0 Å². The first-order valence-corrected chi connectivity index (χ1v) is 7.14. The maximum absolute atomic E-state index is 12.7. The summed E-state index contributed by atoms with van der Waals surface area (Å²) in [5, 5.41) is 3.00. The van der Waals surface area contributed by atoms with Crippen LogP contribution in [0.2, 0.25) is 0 Å². The normalized spacial score (nSPS) is 23.1. The molecule has 2 rings (SSSR count). The topological polar surface area (TPSA) is 29.1 Å². The van der Waals surface area contributed by atoms with Gasteiger partial charge in [0.15, 0.2) is 0 Å². The van der Waals surface area contributed by atoms with Gasteiger partial charge in [0.1, 0.15) is 5.82 Å². The molecule has 1 aliphatic carbocycles. The molecule has 0 aliphatic heterocycles. The molecule has 104 valence electrons. The lowest BCUT2D eigenvalue weighted by molar-refractivity contribution is -0.120. The number of benzene rings is 1. The third kappa shape index (κ3) is 4.66. The van der Waals surface area contributed by atoms with Gasteiger partial charge in [-0.25, -0.2) is 4.39 Å². The van der Waals surface area contributed by atoms with E-state index < -0.39 is 0 Å². The first-order valence-electron chi connectivity index (χ1n) is 7.14. The second-order valence-corrected chi connectivity index (χ2v) is 5.73. The fraction of sp³-hybridized carbons (Fsp3) is 0.562. The molecule has 1 aromatic rings. The van der Waals surface area contributed by atoms with Crippen molar-refractivity contribution >= 4 is 5.91 Å². The fourth-order valence-corrected chi connectivity index (χ4v) is 2.64. The van der Waals surface area contributed by atoms with Crippen LogP contribution in [-0.4, -0.2) is 12.5 Å². The Kier molecular flexibility index (Phi) is 4.94. The number of nitrogens with one attached hydrogen (secondary N) is 1. The molecule has 1 amide bonds. The SMILES string of the molecule is CC1CCC(CNC(=O)Cc2ccc(F)cc2)CC1. The van der Waals surface area contributed by atoms with Crippen LogP contribution in [0.4, 0.5) is 4.39 Å². The summed E-state index contributed by atoms with van der Waals surface area (Å²) in [6, 6.07) is 6.12. The van der Waals surface area contributed by atoms with Gasteiger partial charge in [-0.3, -0.25) is 4.79 Å². The maximum Gasteiger partial charge on any atom is 0.224 e. The molecule has 0 saturated heterocycles. The quantitative estimate of drug-likeness (QED) is 0.887. The molecule has 0 radical (unpaired) electrons. The molecular formula is C16H22FNO. The molecule has 0 unspecified atom stereocenters. The molecule has 0 aromatic heterocycles. The second-order valence-electron chi connectivity index (χ2n) is 5.73. The van der Waals surface area contributed by atoms with Crippen LogP contribution < -0.4 is 5.32 Å². The third-order valence-electron chi connectivity index (χ3n) is 4.00. The second kappa shape index (κ2) is 6.69. The molecule has 0 heterocycles. The van der Waals surface area contributed by atoms with Gasteiger partial charge in [-0.05, 0) is 42.4 Å². The van der Waals surface area contributed by atoms with Crippen LogP contribution in [0.3, 0.4) is 0 Å². The molecule has 1 aliphatic rings. The molecule has 0 atom stereocenters. The Hall–Kier alpha value is -1.38. The van der Waals surface area contributed by atoms with Crippen molar-refractivity contribution in [3.05, 3.63) is 35.6 Å². The molecule has 1 saturated carbocycles. The first-order chi connectivity index (χ1) is 9.13. The minimum atomic E-state index is -0.263. The number of carbonyl (C=O) groups excluding carboxylic acids is 1. The highest BCUT2D eigenvalue weighted by atomic mass is 19.1. The summed E-state index contributed by atoms with van der Waals surface area (Å²) in [5.74, 6) is 1.24. The largest absolute Gasteiger partial charge is 0.356 e. The predicted octanol–water partition coefficient (Wildman–Crippen LogP) is 3.31. The number of amides is 1. The van der Waals surface area contributed by atoms with E-state index in [1.807, 2.05) is 0 Å². The lowest BCUT2D eigenvalue weighted by Gasteiger charge is -2.26. The van der Waals surface area contributed by atoms with E-state index in [9.17, 15) is 9.18 Å². The van der Waals surface area contributed by atoms with E-state index in [1.54, 1.807) is 12.1 Å². The minimum Gasteiger partial charge on any atom is -0.356 e. The van der Waals surface area contributed by atoms with Crippen molar-refractivity contribution in [2.75, 3.05) is 6.54 Å². The van der Waals surface area contributed by atoms with Gasteiger partial charge in [0.25, 0.3) is 0 Å². The van der Waals surface area contributed by atoms with E-state index in [1.165, 1.54) is 37.8 Å². The zero-order chi connectivity index (χ0) is 13.7. The van der Waals surface area contributed by atoms with E-state index in [2.05, 4.69) is 12.2 Å². The van der Waals surface area contributed by atoms with Crippen molar-refractivity contribution in [2.45, 2.75) is 39.0 Å². The van der Waals surface area contributed by atoms with Crippen LogP contribution in [0.5, 0.6) is 0 Å². The van der Waals surface area contributed by atoms with Crippen molar-refractivity contribution in [3.63, 3.8) is 0 Å². The van der Waals surface area contributed by atoms with Gasteiger partial charge in [0.05, 0.1) is 6.42 Å². The number of hydrogen-bond donors (Lipinski definition) is 1. The maximum atomic E-state index is 12.7. The van der Waals surface area contributed by atoms with Gasteiger partial charge in [-0.1, -0.05) is 31.9 Å². The Morgan fingerprint density at radius 1 is 1.21 bits per heavy atom. The molecular weight excluding hydrogens is 241 g/mol. The fourth-order valence-electron chi connectivity index (χ4n) is 2.64. The summed E-state index contributed by atoms with van der Waals surface area (Å²) >= 11 is 0. The van der Waals surface area contributed by atoms with E-state index >= 15 is 0 Å². The Labute approximate surface area is 114 Å². The zero-order valence-corrected chi connectivity index (χ0v) is 11.5. The molecule has 0 spiro atoms. The van der Waals surface area contributed by atoms with Crippen molar-refractivity contribution in [2.24, 2.45) is 11.8 Å². The number of rotatable bonds is 4. The van der Waals surface area contributed by atoms with Crippen LogP contribution >= 0.6 is 0 Å². The summed E-state index contributed by atoms with van der Waals surface area (Å²) < 4.78 is 12.7. The van der Waals surface area contributed by atoms with E-state index in [0.29, 0.717) is 12.3 Å². The van der Waals surface area contributed by atoms with Crippen LogP contribution in [-0.2, 0) is 11.2 Å². The molecule has 1 N–H and O–H groups in total. The Morgan fingerprint density at radius 3 is 2.47 bits per heavy atom. The monoisotopic (exact) mass is 263 g/mol.